The molecule has 0 amide bonds. The fourth-order valence-electron chi connectivity index (χ4n) is 0.770. The van der Waals surface area contributed by atoms with Crippen molar-refractivity contribution in [1.82, 2.24) is 4.72 Å². The van der Waals surface area contributed by atoms with Crippen LogP contribution in [0.15, 0.2) is 30.3 Å². The SMILES string of the molecule is O=S(=O)(O)NCc1ccccc1.[H-].[Na+]. The zero-order chi connectivity index (χ0) is 9.03. The first-order valence-electron chi connectivity index (χ1n) is 3.34. The van der Waals surface area contributed by atoms with Crippen molar-refractivity contribution in [3.05, 3.63) is 35.9 Å². The first-order valence-corrected chi connectivity index (χ1v) is 4.78. The summed E-state index contributed by atoms with van der Waals surface area (Å²) in [5, 5.41) is 0. The van der Waals surface area contributed by atoms with Gasteiger partial charge in [-0.3, -0.25) is 4.55 Å². The van der Waals surface area contributed by atoms with Gasteiger partial charge in [0.05, 0.1) is 0 Å². The summed E-state index contributed by atoms with van der Waals surface area (Å²) < 4.78 is 30.8. The number of hydrogen-bond donors (Lipinski definition) is 2. The molecule has 1 aromatic rings. The minimum absolute atomic E-state index is 0. The van der Waals surface area contributed by atoms with E-state index >= 15 is 0 Å². The predicted molar refractivity (Wildman–Crippen MR) is 45.9 cm³/mol. The van der Waals surface area contributed by atoms with E-state index in [1.165, 1.54) is 0 Å². The van der Waals surface area contributed by atoms with Gasteiger partial charge < -0.3 is 1.43 Å². The molecule has 0 spiro atoms. The van der Waals surface area contributed by atoms with Crippen LogP contribution in [0.2, 0.25) is 0 Å². The van der Waals surface area contributed by atoms with Crippen molar-refractivity contribution in [3.8, 4) is 0 Å². The van der Waals surface area contributed by atoms with Gasteiger partial charge in [0.1, 0.15) is 0 Å². The predicted octanol–water partition coefficient (Wildman–Crippen LogP) is -2.30. The van der Waals surface area contributed by atoms with E-state index in [0.29, 0.717) is 0 Å². The molecule has 0 atom stereocenters. The molecule has 0 aromatic heterocycles. The van der Waals surface area contributed by atoms with Gasteiger partial charge in [-0.2, -0.15) is 13.1 Å². The molecule has 0 unspecified atom stereocenters. The van der Waals surface area contributed by atoms with Crippen LogP contribution in [0.1, 0.15) is 6.99 Å². The molecule has 0 saturated carbocycles. The minimum Gasteiger partial charge on any atom is -1.00 e. The zero-order valence-electron chi connectivity index (χ0n) is 8.27. The Kier molecular flexibility index (Phi) is 5.78. The summed E-state index contributed by atoms with van der Waals surface area (Å²) in [6, 6.07) is 8.94. The summed E-state index contributed by atoms with van der Waals surface area (Å²) in [6.45, 7) is 0.111. The summed E-state index contributed by atoms with van der Waals surface area (Å²) in [7, 11) is -4.07. The average molecular weight is 211 g/mol. The second-order valence-electron chi connectivity index (χ2n) is 2.28. The van der Waals surface area contributed by atoms with Crippen molar-refractivity contribution >= 4 is 10.3 Å². The molecule has 0 aliphatic heterocycles. The molecule has 13 heavy (non-hydrogen) atoms. The molecule has 0 fully saturated rings. The van der Waals surface area contributed by atoms with E-state index in [4.69, 9.17) is 4.55 Å². The molecule has 4 nitrogen and oxygen atoms in total. The molecular weight excluding hydrogens is 201 g/mol. The summed E-state index contributed by atoms with van der Waals surface area (Å²) in [5.74, 6) is 0. The summed E-state index contributed by atoms with van der Waals surface area (Å²) in [6.07, 6.45) is 0. The molecule has 1 rings (SSSR count). The zero-order valence-corrected chi connectivity index (χ0v) is 10.1. The number of hydrogen-bond acceptors (Lipinski definition) is 2. The van der Waals surface area contributed by atoms with Crippen molar-refractivity contribution in [2.24, 2.45) is 0 Å². The molecule has 0 aliphatic rings. The van der Waals surface area contributed by atoms with Gasteiger partial charge in [-0.05, 0) is 5.56 Å². The normalized spacial score (nSPS) is 10.5. The monoisotopic (exact) mass is 211 g/mol. The third-order valence-corrected chi connectivity index (χ3v) is 1.81. The van der Waals surface area contributed by atoms with Crippen molar-refractivity contribution in [2.45, 2.75) is 6.54 Å². The van der Waals surface area contributed by atoms with E-state index in [1.807, 2.05) is 10.8 Å². The van der Waals surface area contributed by atoms with Gasteiger partial charge in [-0.15, -0.1) is 0 Å². The number of benzene rings is 1. The van der Waals surface area contributed by atoms with Crippen LogP contribution in [0.3, 0.4) is 0 Å². The van der Waals surface area contributed by atoms with Crippen LogP contribution in [0.5, 0.6) is 0 Å². The molecule has 6 heteroatoms. The van der Waals surface area contributed by atoms with E-state index < -0.39 is 10.3 Å². The van der Waals surface area contributed by atoms with Gasteiger partial charge in [0, 0.05) is 6.54 Å². The van der Waals surface area contributed by atoms with Crippen LogP contribution in [-0.2, 0) is 16.8 Å². The molecular formula is C7H10NNaO3S. The molecule has 1 aromatic carbocycles. The largest absolute Gasteiger partial charge is 1.00 e. The van der Waals surface area contributed by atoms with E-state index in [0.717, 1.165) is 5.56 Å². The molecule has 0 radical (unpaired) electrons. The van der Waals surface area contributed by atoms with Crippen molar-refractivity contribution < 1.29 is 44.0 Å². The Hall–Kier alpha value is 0.0900. The van der Waals surface area contributed by atoms with Gasteiger partial charge in [0.25, 0.3) is 0 Å². The Morgan fingerprint density at radius 3 is 2.31 bits per heavy atom. The smallest absolute Gasteiger partial charge is 1.00 e. The Morgan fingerprint density at radius 1 is 1.31 bits per heavy atom. The number of nitrogens with one attached hydrogen (secondary N) is 1. The van der Waals surface area contributed by atoms with Crippen molar-refractivity contribution in [1.29, 1.82) is 0 Å². The van der Waals surface area contributed by atoms with Crippen LogP contribution in [0, 0.1) is 0 Å². The maximum atomic E-state index is 10.2. The van der Waals surface area contributed by atoms with Crippen LogP contribution in [0.25, 0.3) is 0 Å². The van der Waals surface area contributed by atoms with Crippen molar-refractivity contribution in [2.75, 3.05) is 0 Å². The van der Waals surface area contributed by atoms with E-state index in [1.54, 1.807) is 24.3 Å². The quantitative estimate of drug-likeness (QED) is 0.436. The second kappa shape index (κ2) is 5.74. The summed E-state index contributed by atoms with van der Waals surface area (Å²) >= 11 is 0. The third-order valence-electron chi connectivity index (χ3n) is 1.30. The first-order chi connectivity index (χ1) is 5.58. The second-order valence-corrected chi connectivity index (χ2v) is 3.52. The Labute approximate surface area is 101 Å². The van der Waals surface area contributed by atoms with Crippen LogP contribution in [0.4, 0.5) is 0 Å². The third kappa shape index (κ3) is 6.20. The van der Waals surface area contributed by atoms with Crippen LogP contribution in [-0.4, -0.2) is 13.0 Å². The molecule has 0 heterocycles. The Bertz CT molecular complexity index is 343. The average Bonchev–Trinajstić information content (AvgIpc) is 2.02. The number of rotatable bonds is 3. The van der Waals surface area contributed by atoms with Gasteiger partial charge in [-0.1, -0.05) is 30.3 Å². The maximum absolute atomic E-state index is 10.2. The molecule has 0 aliphatic carbocycles. The molecule has 0 saturated heterocycles. The standard InChI is InChI=1S/C7H9NO3S.Na.H/c9-12(10,11)8-6-7-4-2-1-3-5-7;;/h1-5,8H,6H2,(H,9,10,11);;/q;+1;-1. The topological polar surface area (TPSA) is 66.4 Å². The fraction of sp³-hybridized carbons (Fsp3) is 0.143. The summed E-state index contributed by atoms with van der Waals surface area (Å²) in [4.78, 5) is 0. The Morgan fingerprint density at radius 2 is 1.85 bits per heavy atom. The van der Waals surface area contributed by atoms with Crippen LogP contribution < -0.4 is 34.3 Å². The molecule has 0 bridgehead atoms. The van der Waals surface area contributed by atoms with Gasteiger partial charge in [0.2, 0.25) is 0 Å². The Balaban J connectivity index is 0. The first kappa shape index (κ1) is 13.1. The van der Waals surface area contributed by atoms with E-state index in [-0.39, 0.29) is 37.5 Å². The maximum Gasteiger partial charge on any atom is 1.00 e. The molecule has 2 N–H and O–H groups in total. The minimum atomic E-state index is -4.07. The van der Waals surface area contributed by atoms with Gasteiger partial charge in [0.15, 0.2) is 0 Å². The van der Waals surface area contributed by atoms with E-state index in [2.05, 4.69) is 0 Å². The molecule has 68 valence electrons. The van der Waals surface area contributed by atoms with Gasteiger partial charge in [-0.25, -0.2) is 0 Å². The van der Waals surface area contributed by atoms with Crippen molar-refractivity contribution in [3.63, 3.8) is 0 Å². The van der Waals surface area contributed by atoms with Crippen LogP contribution >= 0.6 is 0 Å². The van der Waals surface area contributed by atoms with Gasteiger partial charge >= 0.3 is 39.9 Å². The summed E-state index contributed by atoms with van der Waals surface area (Å²) in [5.41, 5.74) is 0.801. The fourth-order valence-corrected chi connectivity index (χ4v) is 1.12. The van der Waals surface area contributed by atoms with E-state index in [9.17, 15) is 8.42 Å².